The van der Waals surface area contributed by atoms with Crippen LogP contribution in [0, 0.1) is 6.92 Å². The molecule has 0 unspecified atom stereocenters. The van der Waals surface area contributed by atoms with E-state index < -0.39 is 0 Å². The van der Waals surface area contributed by atoms with Crippen molar-refractivity contribution in [2.24, 2.45) is 7.05 Å². The van der Waals surface area contributed by atoms with Gasteiger partial charge in [0.2, 0.25) is 0 Å². The van der Waals surface area contributed by atoms with E-state index >= 15 is 0 Å². The summed E-state index contributed by atoms with van der Waals surface area (Å²) < 4.78 is 2.68. The first-order valence-electron chi connectivity index (χ1n) is 4.93. The van der Waals surface area contributed by atoms with E-state index in [4.69, 9.17) is 0 Å². The maximum atomic E-state index is 11.5. The maximum Gasteiger partial charge on any atom is 0.161 e. The van der Waals surface area contributed by atoms with Crippen LogP contribution in [0.15, 0.2) is 16.6 Å². The van der Waals surface area contributed by atoms with Crippen molar-refractivity contribution in [3.8, 4) is 0 Å². The number of aryl methyl sites for hydroxylation is 2. The average molecular weight is 271 g/mol. The zero-order valence-corrected chi connectivity index (χ0v) is 10.8. The van der Waals surface area contributed by atoms with Gasteiger partial charge in [0.1, 0.15) is 0 Å². The van der Waals surface area contributed by atoms with Gasteiger partial charge in [-0.3, -0.25) is 9.48 Å². The van der Waals surface area contributed by atoms with E-state index in [1.165, 1.54) is 0 Å². The van der Waals surface area contributed by atoms with Crippen LogP contribution in [0.25, 0.3) is 0 Å². The van der Waals surface area contributed by atoms with E-state index in [-0.39, 0.29) is 5.78 Å². The summed E-state index contributed by atoms with van der Waals surface area (Å²) in [7, 11) is 1.85. The minimum Gasteiger partial charge on any atom is -0.294 e. The van der Waals surface area contributed by atoms with Crippen LogP contribution in [0.4, 0.5) is 0 Å². The number of carbonyl (C=O) groups is 1. The Morgan fingerprint density at radius 1 is 1.60 bits per heavy atom. The van der Waals surface area contributed by atoms with Gasteiger partial charge in [0.15, 0.2) is 5.78 Å². The molecule has 0 saturated heterocycles. The van der Waals surface area contributed by atoms with Gasteiger partial charge in [-0.1, -0.05) is 13.0 Å². The molecule has 0 spiro atoms. The minimum absolute atomic E-state index is 0.112. The smallest absolute Gasteiger partial charge is 0.161 e. The van der Waals surface area contributed by atoms with E-state index in [1.54, 1.807) is 10.8 Å². The number of halogens is 1. The van der Waals surface area contributed by atoms with Gasteiger partial charge in [0, 0.05) is 7.05 Å². The fourth-order valence-corrected chi connectivity index (χ4v) is 1.82. The molecule has 1 rings (SSSR count). The standard InChI is InChI=1S/C11H15BrN2O/c1-4-5-6-9(15)7-10-11(12)8(2)13-14(10)3/h5-6H,4,7H2,1-3H3/b6-5+. The molecule has 1 aromatic heterocycles. The van der Waals surface area contributed by atoms with Gasteiger partial charge < -0.3 is 0 Å². The van der Waals surface area contributed by atoms with Crippen LogP contribution in [-0.4, -0.2) is 15.6 Å². The first kappa shape index (κ1) is 12.2. The predicted octanol–water partition coefficient (Wildman–Crippen LogP) is 2.57. The van der Waals surface area contributed by atoms with Gasteiger partial charge in [-0.15, -0.1) is 0 Å². The molecule has 0 aliphatic carbocycles. The Morgan fingerprint density at radius 2 is 2.27 bits per heavy atom. The van der Waals surface area contributed by atoms with E-state index in [0.717, 1.165) is 22.3 Å². The molecule has 0 fully saturated rings. The number of hydrogen-bond donors (Lipinski definition) is 0. The summed E-state index contributed by atoms with van der Waals surface area (Å²) in [6.07, 6.45) is 4.79. The molecule has 82 valence electrons. The van der Waals surface area contributed by atoms with Crippen LogP contribution in [0.5, 0.6) is 0 Å². The Morgan fingerprint density at radius 3 is 2.73 bits per heavy atom. The third kappa shape index (κ3) is 3.02. The van der Waals surface area contributed by atoms with Crippen LogP contribution in [0.2, 0.25) is 0 Å². The Labute approximate surface area is 98.3 Å². The lowest BCUT2D eigenvalue weighted by molar-refractivity contribution is -0.114. The highest BCUT2D eigenvalue weighted by Crippen LogP contribution is 2.20. The van der Waals surface area contributed by atoms with Crippen LogP contribution >= 0.6 is 15.9 Å². The third-order valence-electron chi connectivity index (χ3n) is 2.14. The lowest BCUT2D eigenvalue weighted by Gasteiger charge is -1.99. The number of carbonyl (C=O) groups excluding carboxylic acids is 1. The van der Waals surface area contributed by atoms with Crippen molar-refractivity contribution < 1.29 is 4.79 Å². The van der Waals surface area contributed by atoms with E-state index in [2.05, 4.69) is 21.0 Å². The fraction of sp³-hybridized carbons (Fsp3) is 0.455. The molecule has 0 atom stereocenters. The van der Waals surface area contributed by atoms with Crippen molar-refractivity contribution in [3.05, 3.63) is 28.0 Å². The zero-order chi connectivity index (χ0) is 11.4. The summed E-state index contributed by atoms with van der Waals surface area (Å²) in [6.45, 7) is 3.92. The van der Waals surface area contributed by atoms with Gasteiger partial charge in [-0.2, -0.15) is 5.10 Å². The Balaban J connectivity index is 2.81. The Bertz CT molecular complexity index is 394. The van der Waals surface area contributed by atoms with Crippen LogP contribution in [-0.2, 0) is 18.3 Å². The van der Waals surface area contributed by atoms with Gasteiger partial charge >= 0.3 is 0 Å². The van der Waals surface area contributed by atoms with Crippen molar-refractivity contribution in [2.75, 3.05) is 0 Å². The largest absolute Gasteiger partial charge is 0.294 e. The molecular formula is C11H15BrN2O. The number of aromatic nitrogens is 2. The van der Waals surface area contributed by atoms with Crippen molar-refractivity contribution >= 4 is 21.7 Å². The molecule has 0 aromatic carbocycles. The molecule has 3 nitrogen and oxygen atoms in total. The second-order valence-electron chi connectivity index (χ2n) is 3.42. The molecule has 0 aliphatic rings. The second kappa shape index (κ2) is 5.26. The molecule has 0 saturated carbocycles. The summed E-state index contributed by atoms with van der Waals surface area (Å²) in [5.41, 5.74) is 1.85. The molecule has 15 heavy (non-hydrogen) atoms. The lowest BCUT2D eigenvalue weighted by atomic mass is 10.2. The molecule has 0 amide bonds. The van der Waals surface area contributed by atoms with Crippen molar-refractivity contribution in [1.29, 1.82) is 0 Å². The summed E-state index contributed by atoms with van der Waals surface area (Å²) >= 11 is 3.44. The average Bonchev–Trinajstić information content (AvgIpc) is 2.42. The number of allylic oxidation sites excluding steroid dienone is 2. The highest BCUT2D eigenvalue weighted by molar-refractivity contribution is 9.10. The highest BCUT2D eigenvalue weighted by Gasteiger charge is 2.12. The SMILES string of the molecule is CC/C=C/C(=O)Cc1c(Br)c(C)nn1C. The summed E-state index contributed by atoms with van der Waals surface area (Å²) in [5.74, 6) is 0.112. The van der Waals surface area contributed by atoms with Crippen LogP contribution in [0.1, 0.15) is 24.7 Å². The summed E-state index contributed by atoms with van der Waals surface area (Å²) in [5, 5.41) is 4.24. The van der Waals surface area contributed by atoms with Crippen molar-refractivity contribution in [3.63, 3.8) is 0 Å². The molecular weight excluding hydrogens is 256 g/mol. The number of nitrogens with zero attached hydrogens (tertiary/aromatic N) is 2. The molecule has 4 heteroatoms. The van der Waals surface area contributed by atoms with E-state index in [1.807, 2.05) is 27.0 Å². The maximum absolute atomic E-state index is 11.5. The normalized spacial score (nSPS) is 11.2. The van der Waals surface area contributed by atoms with E-state index in [9.17, 15) is 4.79 Å². The quantitative estimate of drug-likeness (QED) is 0.789. The fourth-order valence-electron chi connectivity index (χ4n) is 1.35. The monoisotopic (exact) mass is 270 g/mol. The Hall–Kier alpha value is -0.900. The van der Waals surface area contributed by atoms with Gasteiger partial charge in [0.05, 0.1) is 22.3 Å². The molecule has 0 N–H and O–H groups in total. The van der Waals surface area contributed by atoms with Crippen molar-refractivity contribution in [2.45, 2.75) is 26.7 Å². The highest BCUT2D eigenvalue weighted by atomic mass is 79.9. The molecule has 1 heterocycles. The topological polar surface area (TPSA) is 34.9 Å². The predicted molar refractivity (Wildman–Crippen MR) is 63.8 cm³/mol. The van der Waals surface area contributed by atoms with E-state index in [0.29, 0.717) is 6.42 Å². The summed E-state index contributed by atoms with van der Waals surface area (Å²) in [4.78, 5) is 11.5. The molecule has 0 bridgehead atoms. The molecule has 0 aliphatic heterocycles. The number of rotatable bonds is 4. The first-order valence-corrected chi connectivity index (χ1v) is 5.73. The molecule has 1 aromatic rings. The number of hydrogen-bond acceptors (Lipinski definition) is 2. The van der Waals surface area contributed by atoms with Gasteiger partial charge in [-0.25, -0.2) is 0 Å². The van der Waals surface area contributed by atoms with Crippen LogP contribution in [0.3, 0.4) is 0 Å². The third-order valence-corrected chi connectivity index (χ3v) is 3.17. The number of ketones is 1. The zero-order valence-electron chi connectivity index (χ0n) is 9.25. The second-order valence-corrected chi connectivity index (χ2v) is 4.22. The first-order chi connectivity index (χ1) is 7.06. The van der Waals surface area contributed by atoms with Crippen molar-refractivity contribution in [1.82, 2.24) is 9.78 Å². The Kier molecular flexibility index (Phi) is 4.27. The van der Waals surface area contributed by atoms with Gasteiger partial charge in [0.25, 0.3) is 0 Å². The summed E-state index contributed by atoms with van der Waals surface area (Å²) in [6, 6.07) is 0. The van der Waals surface area contributed by atoms with Crippen LogP contribution < -0.4 is 0 Å². The minimum atomic E-state index is 0.112. The molecule has 0 radical (unpaired) electrons. The van der Waals surface area contributed by atoms with Gasteiger partial charge in [-0.05, 0) is 35.4 Å². The lowest BCUT2D eigenvalue weighted by Crippen LogP contribution is -2.05.